The van der Waals surface area contributed by atoms with Crippen LogP contribution < -0.4 is 16.6 Å². The Balaban J connectivity index is 1.46. The second-order valence-corrected chi connectivity index (χ2v) is 8.64. The number of nitrogens with two attached hydrogens (primary N) is 1. The summed E-state index contributed by atoms with van der Waals surface area (Å²) >= 11 is 0. The van der Waals surface area contributed by atoms with E-state index in [1.165, 1.54) is 13.2 Å². The first-order chi connectivity index (χ1) is 16.9. The van der Waals surface area contributed by atoms with Crippen LogP contribution in [0.15, 0.2) is 65.7 Å². The van der Waals surface area contributed by atoms with Gasteiger partial charge in [0.15, 0.2) is 11.3 Å². The van der Waals surface area contributed by atoms with Crippen molar-refractivity contribution < 1.29 is 14.3 Å². The van der Waals surface area contributed by atoms with Gasteiger partial charge in [-0.15, -0.1) is 0 Å². The van der Waals surface area contributed by atoms with Crippen molar-refractivity contribution in [2.45, 2.75) is 24.9 Å². The molecule has 182 valence electrons. The van der Waals surface area contributed by atoms with Gasteiger partial charge in [0, 0.05) is 51.6 Å². The van der Waals surface area contributed by atoms with Gasteiger partial charge in [0.05, 0.1) is 6.61 Å². The summed E-state index contributed by atoms with van der Waals surface area (Å²) < 4.78 is 5.33. The molecular formula is C26H29N5O4. The number of amides is 1. The van der Waals surface area contributed by atoms with Gasteiger partial charge in [0.1, 0.15) is 5.82 Å². The van der Waals surface area contributed by atoms with Crippen LogP contribution in [0.25, 0.3) is 11.1 Å². The molecule has 3 heterocycles. The third kappa shape index (κ3) is 5.47. The van der Waals surface area contributed by atoms with E-state index in [0.29, 0.717) is 31.9 Å². The summed E-state index contributed by atoms with van der Waals surface area (Å²) in [6, 6.07) is 14.6. The molecule has 1 aromatic carbocycles. The lowest BCUT2D eigenvalue weighted by atomic mass is 9.87. The Morgan fingerprint density at radius 2 is 1.83 bits per heavy atom. The maximum absolute atomic E-state index is 13.6. The number of piperazine rings is 1. The Morgan fingerprint density at radius 1 is 1.09 bits per heavy atom. The molecule has 3 aromatic rings. The van der Waals surface area contributed by atoms with Crippen molar-refractivity contribution in [3.8, 4) is 11.1 Å². The van der Waals surface area contributed by atoms with Gasteiger partial charge < -0.3 is 20.4 Å². The third-order valence-electron chi connectivity index (χ3n) is 6.23. The summed E-state index contributed by atoms with van der Waals surface area (Å²) in [5.41, 5.74) is 7.75. The van der Waals surface area contributed by atoms with Crippen molar-refractivity contribution in [3.05, 3.63) is 82.4 Å². The predicted molar refractivity (Wildman–Crippen MR) is 133 cm³/mol. The number of nitrogens with zero attached hydrogens (tertiary/aromatic N) is 2. The van der Waals surface area contributed by atoms with E-state index in [0.717, 1.165) is 22.3 Å². The number of ketones is 1. The van der Waals surface area contributed by atoms with Crippen LogP contribution in [0.5, 0.6) is 0 Å². The fraction of sp³-hybridized carbons (Fsp3) is 0.308. The molecule has 1 amide bonds. The average molecular weight is 476 g/mol. The van der Waals surface area contributed by atoms with E-state index < -0.39 is 5.54 Å². The molecule has 1 aliphatic rings. The van der Waals surface area contributed by atoms with Gasteiger partial charge >= 0.3 is 0 Å². The Hall–Kier alpha value is -3.82. The van der Waals surface area contributed by atoms with Crippen LogP contribution in [0.1, 0.15) is 17.5 Å². The number of aromatic amines is 1. The first-order valence-corrected chi connectivity index (χ1v) is 11.5. The minimum absolute atomic E-state index is 0.0354. The number of carbonyl (C=O) groups excluding carboxylic acids is 2. The van der Waals surface area contributed by atoms with Crippen LogP contribution in [0.4, 0.5) is 5.82 Å². The summed E-state index contributed by atoms with van der Waals surface area (Å²) in [5.74, 6) is -0.0718. The number of nitrogens with one attached hydrogen (secondary N) is 2. The molecule has 1 aliphatic heterocycles. The lowest BCUT2D eigenvalue weighted by Crippen LogP contribution is -2.70. The first kappa shape index (κ1) is 24.3. The number of hydrogen-bond donors (Lipinski definition) is 3. The number of methoxy groups -OCH3 is 1. The molecule has 0 spiro atoms. The number of hydrogen-bond acceptors (Lipinski definition) is 7. The van der Waals surface area contributed by atoms with Gasteiger partial charge in [-0.25, -0.2) is 4.98 Å². The first-order valence-electron chi connectivity index (χ1n) is 11.5. The van der Waals surface area contributed by atoms with E-state index in [1.807, 2.05) is 30.3 Å². The summed E-state index contributed by atoms with van der Waals surface area (Å²) in [5, 5.41) is 3.15. The Labute approximate surface area is 203 Å². The molecule has 35 heavy (non-hydrogen) atoms. The number of aromatic nitrogens is 2. The number of ether oxygens (including phenoxy) is 1. The van der Waals surface area contributed by atoms with Crippen molar-refractivity contribution in [3.63, 3.8) is 0 Å². The molecule has 9 heteroatoms. The maximum Gasteiger partial charge on any atom is 0.253 e. The van der Waals surface area contributed by atoms with Crippen molar-refractivity contribution in [2.75, 3.05) is 32.5 Å². The van der Waals surface area contributed by atoms with E-state index in [9.17, 15) is 14.4 Å². The van der Waals surface area contributed by atoms with Crippen LogP contribution in [-0.4, -0.2) is 58.9 Å². The number of pyridine rings is 2. The highest BCUT2D eigenvalue weighted by molar-refractivity contribution is 6.11. The normalized spacial score (nSPS) is 18.0. The zero-order chi connectivity index (χ0) is 24.8. The number of anilines is 1. The summed E-state index contributed by atoms with van der Waals surface area (Å²) in [7, 11) is 1.49. The second-order valence-electron chi connectivity index (χ2n) is 8.64. The van der Waals surface area contributed by atoms with Gasteiger partial charge in [0.2, 0.25) is 5.56 Å². The smallest absolute Gasteiger partial charge is 0.253 e. The Bertz CT molecular complexity index is 1220. The monoisotopic (exact) mass is 475 g/mol. The van der Waals surface area contributed by atoms with Crippen LogP contribution in [0.2, 0.25) is 0 Å². The quantitative estimate of drug-likeness (QED) is 0.400. The van der Waals surface area contributed by atoms with E-state index in [4.69, 9.17) is 10.5 Å². The number of carbonyl (C=O) groups is 2. The van der Waals surface area contributed by atoms with Gasteiger partial charge in [-0.2, -0.15) is 0 Å². The highest BCUT2D eigenvalue weighted by atomic mass is 16.5. The highest BCUT2D eigenvalue weighted by Gasteiger charge is 2.49. The number of nitrogen functional groups attached to an aromatic ring is 1. The second kappa shape index (κ2) is 10.6. The third-order valence-corrected chi connectivity index (χ3v) is 6.23. The fourth-order valence-electron chi connectivity index (χ4n) is 4.30. The number of Topliss-reactive ketones (excluding diaryl/α,β-unsaturated/α-hetero) is 1. The number of benzene rings is 1. The summed E-state index contributed by atoms with van der Waals surface area (Å²) in [6.07, 6.45) is 3.95. The van der Waals surface area contributed by atoms with Crippen molar-refractivity contribution in [1.29, 1.82) is 0 Å². The van der Waals surface area contributed by atoms with Crippen molar-refractivity contribution in [2.24, 2.45) is 0 Å². The van der Waals surface area contributed by atoms with Gasteiger partial charge in [-0.05, 0) is 40.8 Å². The minimum Gasteiger partial charge on any atom is -0.384 e. The largest absolute Gasteiger partial charge is 0.384 e. The zero-order valence-corrected chi connectivity index (χ0v) is 19.6. The van der Waals surface area contributed by atoms with Crippen LogP contribution in [0, 0.1) is 0 Å². The molecule has 0 aliphatic carbocycles. The molecule has 4 N–H and O–H groups in total. The van der Waals surface area contributed by atoms with Crippen LogP contribution >= 0.6 is 0 Å². The maximum atomic E-state index is 13.6. The average Bonchev–Trinajstić information content (AvgIpc) is 2.87. The van der Waals surface area contributed by atoms with Crippen LogP contribution in [-0.2, 0) is 27.3 Å². The number of H-pyrrole nitrogens is 1. The molecule has 1 atom stereocenters. The molecule has 0 saturated carbocycles. The lowest BCUT2D eigenvalue weighted by Gasteiger charge is -2.41. The topological polar surface area (TPSA) is 130 Å². The zero-order valence-electron chi connectivity index (χ0n) is 19.6. The van der Waals surface area contributed by atoms with Crippen molar-refractivity contribution in [1.82, 2.24) is 20.2 Å². The van der Waals surface area contributed by atoms with Gasteiger partial charge in [-0.1, -0.05) is 30.3 Å². The van der Waals surface area contributed by atoms with E-state index in [1.54, 1.807) is 29.4 Å². The van der Waals surface area contributed by atoms with E-state index >= 15 is 0 Å². The minimum atomic E-state index is -1.41. The van der Waals surface area contributed by atoms with E-state index in [2.05, 4.69) is 15.3 Å². The van der Waals surface area contributed by atoms with Crippen LogP contribution in [0.3, 0.4) is 0 Å². The molecule has 9 nitrogen and oxygen atoms in total. The Kier molecular flexibility index (Phi) is 7.38. The molecule has 0 unspecified atom stereocenters. The van der Waals surface area contributed by atoms with Crippen molar-refractivity contribution >= 4 is 17.5 Å². The molecule has 0 radical (unpaired) electrons. The molecule has 1 fully saturated rings. The van der Waals surface area contributed by atoms with Gasteiger partial charge in [0.25, 0.3) is 5.91 Å². The fourth-order valence-corrected chi connectivity index (χ4v) is 4.30. The van der Waals surface area contributed by atoms with Gasteiger partial charge in [-0.3, -0.25) is 19.7 Å². The van der Waals surface area contributed by atoms with E-state index in [-0.39, 0.29) is 30.3 Å². The predicted octanol–water partition coefficient (Wildman–Crippen LogP) is 1.54. The summed E-state index contributed by atoms with van der Waals surface area (Å²) in [4.78, 5) is 46.6. The lowest BCUT2D eigenvalue weighted by molar-refractivity contribution is -0.151. The molecule has 4 rings (SSSR count). The molecule has 1 saturated heterocycles. The summed E-state index contributed by atoms with van der Waals surface area (Å²) in [6.45, 7) is 1.32. The molecular weight excluding hydrogens is 446 g/mol. The molecule has 2 aromatic heterocycles. The standard InChI is InChI=1S/C26H29N5O4/c1-35-17-26(22(32)9-4-18-5-10-23(27)28-14-18)25(34)31(13-12-30-26)16-19-2-6-20(7-3-19)21-8-11-24(33)29-15-21/h2-3,5-8,10-11,14-15,30H,4,9,12-13,16-17H2,1H3,(H2,27,28)(H,29,33)/t26-/m0/s1. The SMILES string of the molecule is COC[C@@]1(C(=O)CCc2ccc(N)nc2)NCCN(Cc2ccc(-c3ccc(=O)[nH]c3)cc2)C1=O. The number of rotatable bonds is 9. The highest BCUT2D eigenvalue weighted by Crippen LogP contribution is 2.23. The molecule has 0 bridgehead atoms. The Morgan fingerprint density at radius 3 is 2.49 bits per heavy atom. The number of aryl methyl sites for hydroxylation is 1.